The van der Waals surface area contributed by atoms with Crippen LogP contribution < -0.4 is 0 Å². The molecule has 0 saturated carbocycles. The summed E-state index contributed by atoms with van der Waals surface area (Å²) < 4.78 is 4.94. The minimum absolute atomic E-state index is 0. The predicted octanol–water partition coefficient (Wildman–Crippen LogP) is 0.794. The molecule has 1 aliphatic heterocycles. The van der Waals surface area contributed by atoms with Gasteiger partial charge in [-0.1, -0.05) is 0 Å². The van der Waals surface area contributed by atoms with Crippen molar-refractivity contribution in [3.05, 3.63) is 0 Å². The van der Waals surface area contributed by atoms with E-state index in [1.165, 1.54) is 12.8 Å². The van der Waals surface area contributed by atoms with E-state index in [0.29, 0.717) is 0 Å². The van der Waals surface area contributed by atoms with Crippen molar-refractivity contribution in [1.82, 2.24) is 0 Å². The summed E-state index contributed by atoms with van der Waals surface area (Å²) in [6.45, 7) is 2.00. The summed E-state index contributed by atoms with van der Waals surface area (Å²) in [7, 11) is 0. The van der Waals surface area contributed by atoms with E-state index in [4.69, 9.17) is 4.74 Å². The SMILES string of the molecule is C1CCOC1.[Re]. The second kappa shape index (κ2) is 3.80. The molecular weight excluding hydrogens is 250 g/mol. The summed E-state index contributed by atoms with van der Waals surface area (Å²) in [5, 5.41) is 0. The van der Waals surface area contributed by atoms with E-state index >= 15 is 0 Å². The van der Waals surface area contributed by atoms with E-state index in [2.05, 4.69) is 0 Å². The Morgan fingerprint density at radius 1 is 1.00 bits per heavy atom. The van der Waals surface area contributed by atoms with E-state index in [1.54, 1.807) is 0 Å². The second-order valence-corrected chi connectivity index (χ2v) is 1.32. The van der Waals surface area contributed by atoms with Crippen molar-refractivity contribution >= 4 is 0 Å². The molecule has 0 amide bonds. The van der Waals surface area contributed by atoms with Crippen molar-refractivity contribution in [2.45, 2.75) is 12.8 Å². The maximum absolute atomic E-state index is 4.94. The van der Waals surface area contributed by atoms with Gasteiger partial charge in [0, 0.05) is 33.6 Å². The van der Waals surface area contributed by atoms with Crippen LogP contribution in [0.4, 0.5) is 0 Å². The molecule has 0 aromatic rings. The third-order valence-electron chi connectivity index (χ3n) is 0.827. The molecule has 2 heteroatoms. The van der Waals surface area contributed by atoms with Gasteiger partial charge >= 0.3 is 0 Å². The maximum atomic E-state index is 4.94. The van der Waals surface area contributed by atoms with Gasteiger partial charge in [-0.3, -0.25) is 0 Å². The van der Waals surface area contributed by atoms with Crippen LogP contribution in [0.25, 0.3) is 0 Å². The van der Waals surface area contributed by atoms with Gasteiger partial charge in [-0.05, 0) is 12.8 Å². The first-order valence-corrected chi connectivity index (χ1v) is 2.08. The molecule has 0 atom stereocenters. The molecular formula is C4H8ORe. The van der Waals surface area contributed by atoms with Gasteiger partial charge in [0.2, 0.25) is 0 Å². The average molecular weight is 258 g/mol. The van der Waals surface area contributed by atoms with Crippen LogP contribution in [0.15, 0.2) is 0 Å². The van der Waals surface area contributed by atoms with Crippen LogP contribution in [0, 0.1) is 0 Å². The summed E-state index contributed by atoms with van der Waals surface area (Å²) in [5.74, 6) is 0. The van der Waals surface area contributed by atoms with Gasteiger partial charge in [-0.15, -0.1) is 0 Å². The van der Waals surface area contributed by atoms with Gasteiger partial charge in [0.1, 0.15) is 0 Å². The zero-order chi connectivity index (χ0) is 3.54. The van der Waals surface area contributed by atoms with Crippen LogP contribution in [-0.4, -0.2) is 13.2 Å². The van der Waals surface area contributed by atoms with E-state index < -0.39 is 0 Å². The Balaban J connectivity index is 0.000000250. The Morgan fingerprint density at radius 3 is 1.67 bits per heavy atom. The van der Waals surface area contributed by atoms with Crippen molar-refractivity contribution in [3.8, 4) is 0 Å². The summed E-state index contributed by atoms with van der Waals surface area (Å²) in [6.07, 6.45) is 2.56. The summed E-state index contributed by atoms with van der Waals surface area (Å²) in [6, 6.07) is 0. The van der Waals surface area contributed by atoms with Crippen molar-refractivity contribution in [3.63, 3.8) is 0 Å². The number of hydrogen-bond donors (Lipinski definition) is 0. The Morgan fingerprint density at radius 2 is 1.50 bits per heavy atom. The minimum Gasteiger partial charge on any atom is -0.381 e. The van der Waals surface area contributed by atoms with Crippen LogP contribution in [0.1, 0.15) is 12.8 Å². The number of rotatable bonds is 0. The van der Waals surface area contributed by atoms with Crippen molar-refractivity contribution in [1.29, 1.82) is 0 Å². The van der Waals surface area contributed by atoms with E-state index in [0.717, 1.165) is 13.2 Å². The Bertz CT molecular complexity index is 19.1. The van der Waals surface area contributed by atoms with Gasteiger partial charge in [0.25, 0.3) is 0 Å². The van der Waals surface area contributed by atoms with Crippen molar-refractivity contribution < 1.29 is 25.2 Å². The average Bonchev–Trinajstić information content (AvgIpc) is 1.76. The molecule has 0 aliphatic carbocycles. The third-order valence-corrected chi connectivity index (χ3v) is 0.827. The quantitative estimate of drug-likeness (QED) is 0.624. The molecule has 6 heavy (non-hydrogen) atoms. The molecule has 0 bridgehead atoms. The summed E-state index contributed by atoms with van der Waals surface area (Å²) in [5.41, 5.74) is 0. The number of hydrogen-bond acceptors (Lipinski definition) is 1. The van der Waals surface area contributed by atoms with Crippen LogP contribution in [-0.2, 0) is 25.2 Å². The van der Waals surface area contributed by atoms with Gasteiger partial charge in [-0.2, -0.15) is 0 Å². The summed E-state index contributed by atoms with van der Waals surface area (Å²) in [4.78, 5) is 0. The molecule has 0 N–H and O–H groups in total. The largest absolute Gasteiger partial charge is 0.381 e. The Kier molecular flexibility index (Phi) is 4.19. The molecule has 0 aromatic carbocycles. The minimum atomic E-state index is 0. The molecule has 1 radical (unpaired) electrons. The van der Waals surface area contributed by atoms with Gasteiger partial charge in [-0.25, -0.2) is 0 Å². The van der Waals surface area contributed by atoms with Crippen LogP contribution in [0.3, 0.4) is 0 Å². The monoisotopic (exact) mass is 259 g/mol. The first-order chi connectivity index (χ1) is 2.50. The maximum Gasteiger partial charge on any atom is 0.0466 e. The molecule has 0 unspecified atom stereocenters. The zero-order valence-corrected chi connectivity index (χ0v) is 6.33. The second-order valence-electron chi connectivity index (χ2n) is 1.32. The van der Waals surface area contributed by atoms with E-state index in [-0.39, 0.29) is 20.4 Å². The molecule has 1 aliphatic rings. The van der Waals surface area contributed by atoms with Gasteiger partial charge in [0.05, 0.1) is 0 Å². The molecule has 1 saturated heterocycles. The molecule has 1 nitrogen and oxygen atoms in total. The molecule has 0 aromatic heterocycles. The first-order valence-electron chi connectivity index (χ1n) is 2.08. The first kappa shape index (κ1) is 6.62. The predicted molar refractivity (Wildman–Crippen MR) is 20.1 cm³/mol. The molecule has 37 valence electrons. The van der Waals surface area contributed by atoms with Crippen LogP contribution in [0.2, 0.25) is 0 Å². The fourth-order valence-electron chi connectivity index (χ4n) is 0.510. The van der Waals surface area contributed by atoms with E-state index in [9.17, 15) is 0 Å². The standard InChI is InChI=1S/C4H8O.Re/c1-2-4-5-3-1;/h1-4H2;. The van der Waals surface area contributed by atoms with Crippen molar-refractivity contribution in [2.75, 3.05) is 13.2 Å². The molecule has 1 fully saturated rings. The topological polar surface area (TPSA) is 9.23 Å². The summed E-state index contributed by atoms with van der Waals surface area (Å²) >= 11 is 0. The number of ether oxygens (including phenoxy) is 1. The van der Waals surface area contributed by atoms with Gasteiger partial charge < -0.3 is 4.74 Å². The Labute approximate surface area is 51.7 Å². The Hall–Kier alpha value is 0.622. The van der Waals surface area contributed by atoms with Crippen LogP contribution >= 0.6 is 0 Å². The van der Waals surface area contributed by atoms with Crippen LogP contribution in [0.5, 0.6) is 0 Å². The van der Waals surface area contributed by atoms with Crippen molar-refractivity contribution in [2.24, 2.45) is 0 Å². The molecule has 1 rings (SSSR count). The third kappa shape index (κ3) is 1.92. The van der Waals surface area contributed by atoms with Gasteiger partial charge in [0.15, 0.2) is 0 Å². The molecule has 0 spiro atoms. The fraction of sp³-hybridized carbons (Fsp3) is 1.00. The zero-order valence-electron chi connectivity index (χ0n) is 3.61. The fourth-order valence-corrected chi connectivity index (χ4v) is 0.510. The van der Waals surface area contributed by atoms with E-state index in [1.807, 2.05) is 0 Å². The normalized spacial score (nSPS) is 20.0. The molecule has 1 heterocycles. The smallest absolute Gasteiger partial charge is 0.0466 e.